The Morgan fingerprint density at radius 3 is 3.09 bits per heavy atom. The first kappa shape index (κ1) is 14.4. The highest BCUT2D eigenvalue weighted by atomic mass is 16.5. The molecule has 0 unspecified atom stereocenters. The van der Waals surface area contributed by atoms with Gasteiger partial charge in [-0.2, -0.15) is 0 Å². The quantitative estimate of drug-likeness (QED) is 0.946. The number of rotatable bonds is 3. The van der Waals surface area contributed by atoms with E-state index in [9.17, 15) is 4.79 Å². The Balaban J connectivity index is 1.71. The molecule has 1 aliphatic heterocycles. The maximum Gasteiger partial charge on any atom is 0.322 e. The Morgan fingerprint density at radius 2 is 2.27 bits per heavy atom. The van der Waals surface area contributed by atoms with Crippen LogP contribution in [0, 0.1) is 6.92 Å². The lowest BCUT2D eigenvalue weighted by Gasteiger charge is -2.26. The van der Waals surface area contributed by atoms with Crippen molar-refractivity contribution in [3.05, 3.63) is 41.3 Å². The van der Waals surface area contributed by atoms with E-state index in [4.69, 9.17) is 9.26 Å². The van der Waals surface area contributed by atoms with Gasteiger partial charge in [0.25, 0.3) is 0 Å². The topological polar surface area (TPSA) is 67.6 Å². The van der Waals surface area contributed by atoms with Crippen molar-refractivity contribution in [1.29, 1.82) is 0 Å². The zero-order valence-corrected chi connectivity index (χ0v) is 12.8. The van der Waals surface area contributed by atoms with E-state index in [1.54, 1.807) is 4.90 Å². The molecular formula is C16H19N3O3. The molecule has 0 saturated heterocycles. The van der Waals surface area contributed by atoms with Crippen LogP contribution in [0.2, 0.25) is 0 Å². The number of fused-ring (bicyclic) bond motifs is 1. The molecular weight excluding hydrogens is 282 g/mol. The first-order valence-corrected chi connectivity index (χ1v) is 7.40. The van der Waals surface area contributed by atoms with Crippen LogP contribution in [0.15, 0.2) is 28.8 Å². The number of nitrogens with one attached hydrogen (secondary N) is 1. The minimum Gasteiger partial charge on any atom is -0.492 e. The first-order chi connectivity index (χ1) is 10.7. The maximum absolute atomic E-state index is 12.4. The number of benzene rings is 1. The molecule has 6 heteroatoms. The van der Waals surface area contributed by atoms with Crippen LogP contribution in [-0.4, -0.2) is 29.2 Å². The number of aryl methyl sites for hydroxylation is 1. The third-order valence-electron chi connectivity index (χ3n) is 3.75. The van der Waals surface area contributed by atoms with E-state index in [-0.39, 0.29) is 6.03 Å². The summed E-state index contributed by atoms with van der Waals surface area (Å²) in [5.74, 6) is 1.45. The molecule has 3 rings (SSSR count). The highest BCUT2D eigenvalue weighted by Crippen LogP contribution is 2.26. The zero-order valence-electron chi connectivity index (χ0n) is 12.8. The summed E-state index contributed by atoms with van der Waals surface area (Å²) in [5.41, 5.74) is 2.71. The summed E-state index contributed by atoms with van der Waals surface area (Å²) in [7, 11) is 0. The smallest absolute Gasteiger partial charge is 0.322 e. The number of carbonyl (C=O) groups excluding carboxylic acids is 1. The van der Waals surface area contributed by atoms with Crippen LogP contribution < -0.4 is 10.1 Å². The van der Waals surface area contributed by atoms with Crippen LogP contribution in [0.5, 0.6) is 5.75 Å². The highest BCUT2D eigenvalue weighted by molar-refractivity contribution is 5.91. The number of hydrogen-bond acceptors (Lipinski definition) is 4. The van der Waals surface area contributed by atoms with Gasteiger partial charge < -0.3 is 19.5 Å². The Labute approximate surface area is 129 Å². The third-order valence-corrected chi connectivity index (χ3v) is 3.75. The average Bonchev–Trinajstić information content (AvgIpc) is 2.90. The van der Waals surface area contributed by atoms with Crippen LogP contribution >= 0.6 is 0 Å². The Kier molecular flexibility index (Phi) is 4.00. The van der Waals surface area contributed by atoms with Crippen LogP contribution in [0.4, 0.5) is 10.5 Å². The van der Waals surface area contributed by atoms with E-state index < -0.39 is 0 Å². The molecule has 2 heterocycles. The lowest BCUT2D eigenvalue weighted by atomic mass is 10.1. The molecule has 116 valence electrons. The van der Waals surface area contributed by atoms with Gasteiger partial charge in [-0.25, -0.2) is 4.79 Å². The number of anilines is 1. The van der Waals surface area contributed by atoms with Gasteiger partial charge in [-0.05, 0) is 32.4 Å². The standard InChI is InChI=1S/C16H19N3O3/c1-3-21-14-7-5-4-6-13(14)17-16(20)19-9-8-12-11(2)18-22-15(12)10-19/h4-7H,3,8-10H2,1-2H3,(H,17,20). The number of urea groups is 1. The van der Waals surface area contributed by atoms with Gasteiger partial charge in [0, 0.05) is 12.1 Å². The molecule has 0 aliphatic carbocycles. The van der Waals surface area contributed by atoms with Crippen LogP contribution in [0.3, 0.4) is 0 Å². The molecule has 1 aliphatic rings. The minimum atomic E-state index is -0.160. The molecule has 1 N–H and O–H groups in total. The molecule has 22 heavy (non-hydrogen) atoms. The number of para-hydroxylation sites is 2. The fraction of sp³-hybridized carbons (Fsp3) is 0.375. The van der Waals surface area contributed by atoms with E-state index in [1.165, 1.54) is 0 Å². The SMILES string of the molecule is CCOc1ccccc1NC(=O)N1CCc2c(C)noc2C1. The normalized spacial score (nSPS) is 13.6. The highest BCUT2D eigenvalue weighted by Gasteiger charge is 2.26. The molecule has 0 radical (unpaired) electrons. The fourth-order valence-electron chi connectivity index (χ4n) is 2.60. The van der Waals surface area contributed by atoms with Gasteiger partial charge in [-0.3, -0.25) is 0 Å². The molecule has 2 amide bonds. The predicted octanol–water partition coefficient (Wildman–Crippen LogP) is 2.97. The summed E-state index contributed by atoms with van der Waals surface area (Å²) in [5, 5.41) is 6.86. The molecule has 0 fully saturated rings. The van der Waals surface area contributed by atoms with Gasteiger partial charge in [0.15, 0.2) is 5.76 Å². The molecule has 0 bridgehead atoms. The van der Waals surface area contributed by atoms with E-state index >= 15 is 0 Å². The number of aromatic nitrogens is 1. The van der Waals surface area contributed by atoms with Gasteiger partial charge in [0.2, 0.25) is 0 Å². The third kappa shape index (κ3) is 2.77. The van der Waals surface area contributed by atoms with E-state index in [1.807, 2.05) is 38.1 Å². The van der Waals surface area contributed by atoms with E-state index in [0.717, 1.165) is 23.4 Å². The van der Waals surface area contributed by atoms with Gasteiger partial charge in [-0.15, -0.1) is 0 Å². The first-order valence-electron chi connectivity index (χ1n) is 7.40. The second-order valence-electron chi connectivity index (χ2n) is 5.20. The number of ether oxygens (including phenoxy) is 1. The molecule has 6 nitrogen and oxygen atoms in total. The molecule has 1 aromatic carbocycles. The number of amides is 2. The maximum atomic E-state index is 12.4. The number of hydrogen-bond donors (Lipinski definition) is 1. The lowest BCUT2D eigenvalue weighted by Crippen LogP contribution is -2.38. The van der Waals surface area contributed by atoms with Crippen molar-refractivity contribution in [1.82, 2.24) is 10.1 Å². The molecule has 0 saturated carbocycles. The summed E-state index contributed by atoms with van der Waals surface area (Å²) < 4.78 is 10.8. The van der Waals surface area contributed by atoms with Gasteiger partial charge >= 0.3 is 6.03 Å². The van der Waals surface area contributed by atoms with Crippen molar-refractivity contribution in [2.24, 2.45) is 0 Å². The fourth-order valence-corrected chi connectivity index (χ4v) is 2.60. The van der Waals surface area contributed by atoms with Crippen LogP contribution in [0.1, 0.15) is 23.9 Å². The zero-order chi connectivity index (χ0) is 15.5. The predicted molar refractivity (Wildman–Crippen MR) is 82.0 cm³/mol. The molecule has 0 atom stereocenters. The van der Waals surface area contributed by atoms with E-state index in [0.29, 0.717) is 31.1 Å². The second-order valence-corrected chi connectivity index (χ2v) is 5.20. The van der Waals surface area contributed by atoms with Crippen molar-refractivity contribution in [3.8, 4) is 5.75 Å². The van der Waals surface area contributed by atoms with Crippen molar-refractivity contribution in [2.45, 2.75) is 26.8 Å². The summed E-state index contributed by atoms with van der Waals surface area (Å²) >= 11 is 0. The van der Waals surface area contributed by atoms with Gasteiger partial charge in [0.1, 0.15) is 5.75 Å². The summed E-state index contributed by atoms with van der Waals surface area (Å²) in [6.45, 7) is 5.49. The number of carbonyl (C=O) groups is 1. The van der Waals surface area contributed by atoms with Crippen LogP contribution in [-0.2, 0) is 13.0 Å². The summed E-state index contributed by atoms with van der Waals surface area (Å²) in [6, 6.07) is 7.26. The average molecular weight is 301 g/mol. The Hall–Kier alpha value is -2.50. The largest absolute Gasteiger partial charge is 0.492 e. The second kappa shape index (κ2) is 6.09. The van der Waals surface area contributed by atoms with Crippen molar-refractivity contribution in [2.75, 3.05) is 18.5 Å². The summed E-state index contributed by atoms with van der Waals surface area (Å²) in [6.07, 6.45) is 0.769. The Morgan fingerprint density at radius 1 is 1.45 bits per heavy atom. The number of nitrogens with zero attached hydrogens (tertiary/aromatic N) is 2. The summed E-state index contributed by atoms with van der Waals surface area (Å²) in [4.78, 5) is 14.2. The minimum absolute atomic E-state index is 0.160. The monoisotopic (exact) mass is 301 g/mol. The van der Waals surface area contributed by atoms with Crippen molar-refractivity contribution < 1.29 is 14.1 Å². The molecule has 2 aromatic rings. The van der Waals surface area contributed by atoms with Crippen LogP contribution in [0.25, 0.3) is 0 Å². The van der Waals surface area contributed by atoms with E-state index in [2.05, 4.69) is 10.5 Å². The Bertz CT molecular complexity index is 681. The van der Waals surface area contributed by atoms with Gasteiger partial charge in [0.05, 0.1) is 24.5 Å². The van der Waals surface area contributed by atoms with Gasteiger partial charge in [-0.1, -0.05) is 17.3 Å². The molecule has 1 aromatic heterocycles. The molecule has 0 spiro atoms. The lowest BCUT2D eigenvalue weighted by molar-refractivity contribution is 0.196. The van der Waals surface area contributed by atoms with Crippen molar-refractivity contribution >= 4 is 11.7 Å². The van der Waals surface area contributed by atoms with Crippen molar-refractivity contribution in [3.63, 3.8) is 0 Å².